The van der Waals surface area contributed by atoms with Crippen molar-refractivity contribution < 1.29 is 49.8 Å². The third kappa shape index (κ3) is 8.56. The Balaban J connectivity index is 1.37. The van der Waals surface area contributed by atoms with E-state index in [2.05, 4.69) is 6.07 Å². The average molecular weight is 826 g/mol. The second-order valence-electron chi connectivity index (χ2n) is 16.3. The molecule has 9 nitrogen and oxygen atoms in total. The molecule has 4 aromatic carbocycles. The van der Waals surface area contributed by atoms with Crippen molar-refractivity contribution in [3.05, 3.63) is 118 Å². The lowest BCUT2D eigenvalue weighted by Gasteiger charge is -2.31. The Morgan fingerprint density at radius 1 is 0.828 bits per heavy atom. The van der Waals surface area contributed by atoms with Gasteiger partial charge in [0.2, 0.25) is 21.7 Å². The number of hydrogen-bond donors (Lipinski definition) is 1. The Bertz CT molecular complexity index is 2340. The van der Waals surface area contributed by atoms with Gasteiger partial charge in [0, 0.05) is 25.3 Å². The van der Waals surface area contributed by atoms with Gasteiger partial charge in [-0.05, 0) is 96.4 Å². The zero-order valence-electron chi connectivity index (χ0n) is 32.3. The van der Waals surface area contributed by atoms with Gasteiger partial charge in [0.25, 0.3) is 0 Å². The molecular weight excluding hydrogens is 782 g/mol. The summed E-state index contributed by atoms with van der Waals surface area (Å²) in [6.45, 7) is 5.41. The molecule has 3 aliphatic rings. The highest BCUT2D eigenvalue weighted by atomic mass is 32.2. The van der Waals surface area contributed by atoms with Crippen LogP contribution in [0.25, 0.3) is 0 Å². The van der Waals surface area contributed by atoms with Crippen LogP contribution in [-0.2, 0) is 33.3 Å². The van der Waals surface area contributed by atoms with Crippen LogP contribution < -0.4 is 14.5 Å². The quantitative estimate of drug-likeness (QED) is 0.0770. The number of aromatic carboxylic acids is 1. The van der Waals surface area contributed by atoms with Gasteiger partial charge >= 0.3 is 5.97 Å². The summed E-state index contributed by atoms with van der Waals surface area (Å²) in [5, 5.41) is 9.84. The number of nitrogens with zero attached hydrogens (tertiary/aromatic N) is 3. The van der Waals surface area contributed by atoms with Gasteiger partial charge in [-0.1, -0.05) is 57.2 Å². The number of hydrogen-bond acceptors (Lipinski definition) is 6. The van der Waals surface area contributed by atoms with Crippen LogP contribution >= 0.6 is 0 Å². The highest BCUT2D eigenvalue weighted by Crippen LogP contribution is 2.43. The number of carbonyl (C=O) groups is 2. The largest absolute Gasteiger partial charge is 0.488 e. The maximum Gasteiger partial charge on any atom is 0.335 e. The highest BCUT2D eigenvalue weighted by molar-refractivity contribution is 7.89. The molecule has 3 fully saturated rings. The maximum absolute atomic E-state index is 15.4. The summed E-state index contributed by atoms with van der Waals surface area (Å²) in [4.78, 5) is 28.1. The minimum Gasteiger partial charge on any atom is -0.488 e. The zero-order valence-corrected chi connectivity index (χ0v) is 33.2. The Hall–Kier alpha value is -5.02. The smallest absolute Gasteiger partial charge is 0.335 e. The lowest BCUT2D eigenvalue weighted by atomic mass is 9.84. The summed E-state index contributed by atoms with van der Waals surface area (Å²) in [5.74, 6) is -14.4. The molecule has 1 aliphatic heterocycles. The number of para-hydroxylation sites is 1. The lowest BCUT2D eigenvalue weighted by Crippen LogP contribution is -2.43. The fourth-order valence-electron chi connectivity index (χ4n) is 7.22. The summed E-state index contributed by atoms with van der Waals surface area (Å²) >= 11 is 0. The van der Waals surface area contributed by atoms with E-state index in [0.717, 1.165) is 36.8 Å². The average Bonchev–Trinajstić information content (AvgIpc) is 4.13. The molecule has 0 radical (unpaired) electrons. The van der Waals surface area contributed by atoms with Crippen LogP contribution in [0.3, 0.4) is 0 Å². The van der Waals surface area contributed by atoms with Crippen molar-refractivity contribution >= 4 is 33.3 Å². The van der Waals surface area contributed by atoms with Crippen LogP contribution in [0, 0.1) is 29.1 Å². The molecule has 2 aliphatic carbocycles. The SMILES string of the molecule is CC(C)(C)c1cc(CN(C(=O)CN(Cc2ccccc2N2CCCC2)S(=O)(=O)c2c(F)c(F)c(F)c(F)c2F)c2ccc(C(=O)O)cc2OC2CC2)cc(C2CC2)c1. The molecule has 0 atom stereocenters. The summed E-state index contributed by atoms with van der Waals surface area (Å²) in [7, 11) is -5.66. The first-order chi connectivity index (χ1) is 27.4. The van der Waals surface area contributed by atoms with E-state index in [4.69, 9.17) is 4.74 Å². The highest BCUT2D eigenvalue weighted by Gasteiger charge is 2.40. The number of rotatable bonds is 14. The van der Waals surface area contributed by atoms with Gasteiger partial charge in [0.1, 0.15) is 5.75 Å². The van der Waals surface area contributed by atoms with Crippen molar-refractivity contribution in [2.75, 3.05) is 29.4 Å². The topological polar surface area (TPSA) is 107 Å². The number of amides is 1. The van der Waals surface area contributed by atoms with E-state index in [1.54, 1.807) is 24.3 Å². The Labute approximate surface area is 334 Å². The van der Waals surface area contributed by atoms with Crippen molar-refractivity contribution in [2.45, 2.75) is 94.7 Å². The number of ether oxygens (including phenoxy) is 1. The van der Waals surface area contributed by atoms with E-state index in [-0.39, 0.29) is 35.1 Å². The maximum atomic E-state index is 15.4. The Morgan fingerprint density at radius 2 is 1.47 bits per heavy atom. The number of benzene rings is 4. The number of anilines is 2. The van der Waals surface area contributed by atoms with Gasteiger partial charge in [0.05, 0.1) is 30.4 Å². The minimum absolute atomic E-state index is 0.0405. The predicted molar refractivity (Wildman–Crippen MR) is 207 cm³/mol. The summed E-state index contributed by atoms with van der Waals surface area (Å²) in [6.07, 6.45) is 4.74. The molecule has 0 bridgehead atoms. The first-order valence-electron chi connectivity index (χ1n) is 19.3. The van der Waals surface area contributed by atoms with Crippen LogP contribution in [0.5, 0.6) is 5.75 Å². The van der Waals surface area contributed by atoms with Crippen LogP contribution in [0.2, 0.25) is 0 Å². The summed E-state index contributed by atoms with van der Waals surface area (Å²) < 4.78 is 110. The predicted octanol–water partition coefficient (Wildman–Crippen LogP) is 8.82. The van der Waals surface area contributed by atoms with Gasteiger partial charge in [-0.15, -0.1) is 0 Å². The number of halogens is 5. The van der Waals surface area contributed by atoms with Gasteiger partial charge in [-0.2, -0.15) is 4.31 Å². The third-order valence-corrected chi connectivity index (χ3v) is 12.6. The molecule has 58 heavy (non-hydrogen) atoms. The monoisotopic (exact) mass is 825 g/mol. The third-order valence-electron chi connectivity index (χ3n) is 10.8. The molecule has 1 amide bonds. The van der Waals surface area contributed by atoms with Crippen molar-refractivity contribution in [3.8, 4) is 5.75 Å². The second kappa shape index (κ2) is 16.0. The van der Waals surface area contributed by atoms with Crippen LogP contribution in [0.15, 0.2) is 65.6 Å². The first kappa shape index (κ1) is 41.2. The molecule has 1 heterocycles. The van der Waals surface area contributed by atoms with Gasteiger partial charge in [-0.3, -0.25) is 4.79 Å². The number of carboxylic acid groups (broad SMARTS) is 1. The molecule has 2 saturated carbocycles. The molecule has 0 spiro atoms. The normalized spacial score (nSPS) is 15.9. The zero-order chi connectivity index (χ0) is 41.7. The van der Waals surface area contributed by atoms with Crippen molar-refractivity contribution in [3.63, 3.8) is 0 Å². The lowest BCUT2D eigenvalue weighted by molar-refractivity contribution is -0.119. The number of carbonyl (C=O) groups excluding carboxylic acids is 1. The molecule has 0 aromatic heterocycles. The molecule has 0 unspecified atom stereocenters. The van der Waals surface area contributed by atoms with Crippen molar-refractivity contribution in [1.82, 2.24) is 4.31 Å². The fraction of sp³-hybridized carbons (Fsp3) is 0.395. The van der Waals surface area contributed by atoms with E-state index in [1.807, 2.05) is 37.8 Å². The van der Waals surface area contributed by atoms with Crippen LogP contribution in [-0.4, -0.2) is 55.4 Å². The number of carboxylic acids is 1. The van der Waals surface area contributed by atoms with Crippen LogP contribution in [0.4, 0.5) is 33.3 Å². The van der Waals surface area contributed by atoms with Crippen LogP contribution in [0.1, 0.15) is 97.8 Å². The first-order valence-corrected chi connectivity index (χ1v) is 20.7. The fourth-order valence-corrected chi connectivity index (χ4v) is 8.70. The second-order valence-corrected chi connectivity index (χ2v) is 18.1. The van der Waals surface area contributed by atoms with Gasteiger partial charge < -0.3 is 19.6 Å². The molecule has 4 aromatic rings. The standard InChI is InChI=1S/C43H44F5N3O6S/c1-43(2,3)30-19-25(18-29(20-30)26-10-11-26)22-51(33-15-12-27(42(53)54)21-34(33)57-31-13-14-31)35(52)24-50(23-28-8-4-5-9-32(28)49-16-6-7-17-49)58(55,56)41-39(47)37(45)36(44)38(46)40(41)48/h4-5,8-9,12,15,18-21,26,31H,6-7,10-11,13-14,16-17,22-24H2,1-3H3,(H,53,54). The number of sulfonamides is 1. The van der Waals surface area contributed by atoms with E-state index >= 15 is 8.78 Å². The van der Waals surface area contributed by atoms with Crippen molar-refractivity contribution in [2.24, 2.45) is 0 Å². The van der Waals surface area contributed by atoms with E-state index in [1.165, 1.54) is 23.1 Å². The van der Waals surface area contributed by atoms with E-state index < -0.39 is 69.0 Å². The molecule has 15 heteroatoms. The Morgan fingerprint density at radius 3 is 2.07 bits per heavy atom. The Kier molecular flexibility index (Phi) is 11.3. The molecule has 7 rings (SSSR count). The molecule has 1 N–H and O–H groups in total. The summed E-state index contributed by atoms with van der Waals surface area (Å²) in [5.41, 5.74) is 3.26. The summed E-state index contributed by atoms with van der Waals surface area (Å²) in [6, 6.07) is 16.5. The van der Waals surface area contributed by atoms with E-state index in [9.17, 15) is 36.3 Å². The van der Waals surface area contributed by atoms with Gasteiger partial charge in [0.15, 0.2) is 28.2 Å². The molecule has 1 saturated heterocycles. The van der Waals surface area contributed by atoms with Gasteiger partial charge in [-0.25, -0.2) is 35.2 Å². The molecular formula is C43H44F5N3O6S. The molecule has 308 valence electrons. The van der Waals surface area contributed by atoms with E-state index in [0.29, 0.717) is 53.0 Å². The van der Waals surface area contributed by atoms with Crippen molar-refractivity contribution in [1.29, 1.82) is 0 Å². The minimum atomic E-state index is -5.66.